The van der Waals surface area contributed by atoms with Crippen molar-refractivity contribution in [1.29, 1.82) is 0 Å². The summed E-state index contributed by atoms with van der Waals surface area (Å²) in [6, 6.07) is 8.17. The topological polar surface area (TPSA) is 38.3 Å². The fraction of sp³-hybridized carbons (Fsp3) is 0.500. The molecule has 1 aliphatic rings. The molecule has 0 saturated carbocycles. The molecule has 1 atom stereocenters. The third-order valence-electron chi connectivity index (χ3n) is 3.07. The summed E-state index contributed by atoms with van der Waals surface area (Å²) in [5, 5.41) is 2.82. The van der Waals surface area contributed by atoms with E-state index in [0.717, 1.165) is 12.3 Å². The summed E-state index contributed by atoms with van der Waals surface area (Å²) in [6.07, 6.45) is 0.587. The minimum Gasteiger partial charge on any atom is -0.493 e. The monoisotopic (exact) mass is 233 g/mol. The van der Waals surface area contributed by atoms with Crippen LogP contribution in [0, 0.1) is 5.92 Å². The molecule has 1 aromatic rings. The zero-order valence-corrected chi connectivity index (χ0v) is 10.4. The van der Waals surface area contributed by atoms with Crippen molar-refractivity contribution in [2.24, 2.45) is 5.92 Å². The molecular formula is C14H19NO2. The number of hydrogen-bond donors (Lipinski definition) is 1. The van der Waals surface area contributed by atoms with E-state index in [1.54, 1.807) is 0 Å². The molecule has 3 nitrogen and oxygen atoms in total. The van der Waals surface area contributed by atoms with Gasteiger partial charge in [-0.3, -0.25) is 4.79 Å². The number of carbonyl (C=O) groups is 1. The van der Waals surface area contributed by atoms with Crippen LogP contribution >= 0.6 is 0 Å². The van der Waals surface area contributed by atoms with Gasteiger partial charge in [-0.25, -0.2) is 0 Å². The summed E-state index contributed by atoms with van der Waals surface area (Å²) in [5.41, 5.74) is 1.28. The highest BCUT2D eigenvalue weighted by Crippen LogP contribution is 2.21. The molecule has 2 rings (SSSR count). The number of rotatable bonds is 4. The number of nitrogens with one attached hydrogen (secondary N) is 1. The van der Waals surface area contributed by atoms with Gasteiger partial charge in [0.15, 0.2) is 0 Å². The van der Waals surface area contributed by atoms with E-state index in [4.69, 9.17) is 4.74 Å². The Kier molecular flexibility index (Phi) is 3.67. The van der Waals surface area contributed by atoms with Crippen LogP contribution in [0.15, 0.2) is 24.3 Å². The molecule has 3 heteroatoms. The molecule has 1 unspecified atom stereocenters. The van der Waals surface area contributed by atoms with Crippen LogP contribution < -0.4 is 10.1 Å². The molecule has 0 bridgehead atoms. The summed E-state index contributed by atoms with van der Waals surface area (Å²) < 4.78 is 5.74. The molecule has 1 fully saturated rings. The van der Waals surface area contributed by atoms with E-state index < -0.39 is 0 Å². The van der Waals surface area contributed by atoms with E-state index in [2.05, 4.69) is 31.3 Å². The van der Waals surface area contributed by atoms with E-state index in [0.29, 0.717) is 24.9 Å². The Hall–Kier alpha value is -1.51. The summed E-state index contributed by atoms with van der Waals surface area (Å²) >= 11 is 0. The lowest BCUT2D eigenvalue weighted by Crippen LogP contribution is -2.16. The van der Waals surface area contributed by atoms with Crippen molar-refractivity contribution < 1.29 is 9.53 Å². The maximum absolute atomic E-state index is 11.0. The molecule has 1 amide bonds. The quantitative estimate of drug-likeness (QED) is 0.866. The van der Waals surface area contributed by atoms with E-state index >= 15 is 0 Å². The van der Waals surface area contributed by atoms with Gasteiger partial charge in [-0.05, 0) is 23.6 Å². The van der Waals surface area contributed by atoms with Crippen molar-refractivity contribution in [1.82, 2.24) is 5.32 Å². The van der Waals surface area contributed by atoms with E-state index in [1.807, 2.05) is 12.1 Å². The van der Waals surface area contributed by atoms with Crippen LogP contribution in [0.4, 0.5) is 0 Å². The van der Waals surface area contributed by atoms with Crippen LogP contribution in [0.2, 0.25) is 0 Å². The van der Waals surface area contributed by atoms with Crippen molar-refractivity contribution in [3.8, 4) is 5.75 Å². The van der Waals surface area contributed by atoms with Crippen molar-refractivity contribution in [2.75, 3.05) is 13.2 Å². The van der Waals surface area contributed by atoms with Crippen molar-refractivity contribution in [2.45, 2.75) is 26.2 Å². The fourth-order valence-corrected chi connectivity index (χ4v) is 1.96. The van der Waals surface area contributed by atoms with Crippen LogP contribution in [-0.4, -0.2) is 19.1 Å². The average Bonchev–Trinajstić information content (AvgIpc) is 2.73. The molecule has 92 valence electrons. The van der Waals surface area contributed by atoms with Gasteiger partial charge in [-0.15, -0.1) is 0 Å². The molecule has 1 aliphatic heterocycles. The zero-order chi connectivity index (χ0) is 12.3. The first-order valence-corrected chi connectivity index (χ1v) is 6.14. The maximum atomic E-state index is 11.0. The van der Waals surface area contributed by atoms with Gasteiger partial charge in [-0.2, -0.15) is 0 Å². The molecular weight excluding hydrogens is 214 g/mol. The molecule has 1 heterocycles. The predicted molar refractivity (Wildman–Crippen MR) is 67.1 cm³/mol. The number of hydrogen-bond acceptors (Lipinski definition) is 2. The molecule has 0 spiro atoms. The van der Waals surface area contributed by atoms with E-state index in [9.17, 15) is 4.79 Å². The minimum atomic E-state index is 0.134. The summed E-state index contributed by atoms with van der Waals surface area (Å²) in [4.78, 5) is 11.0. The lowest BCUT2D eigenvalue weighted by atomic mass is 10.0. The third-order valence-corrected chi connectivity index (χ3v) is 3.07. The Labute approximate surface area is 102 Å². The van der Waals surface area contributed by atoms with Crippen molar-refractivity contribution >= 4 is 5.91 Å². The summed E-state index contributed by atoms with van der Waals surface area (Å²) in [6.45, 7) is 5.68. The van der Waals surface area contributed by atoms with Gasteiger partial charge < -0.3 is 10.1 Å². The van der Waals surface area contributed by atoms with Crippen molar-refractivity contribution in [3.63, 3.8) is 0 Å². The van der Waals surface area contributed by atoms with Gasteiger partial charge in [0.2, 0.25) is 5.91 Å². The van der Waals surface area contributed by atoms with Gasteiger partial charge in [0.1, 0.15) is 5.75 Å². The molecule has 0 aromatic heterocycles. The van der Waals surface area contributed by atoms with Crippen molar-refractivity contribution in [3.05, 3.63) is 29.8 Å². The number of carbonyl (C=O) groups excluding carboxylic acids is 1. The summed E-state index contributed by atoms with van der Waals surface area (Å²) in [7, 11) is 0. The Morgan fingerprint density at radius 3 is 2.94 bits per heavy atom. The normalized spacial score (nSPS) is 19.5. The Morgan fingerprint density at radius 1 is 1.47 bits per heavy atom. The number of benzene rings is 1. The molecule has 1 aromatic carbocycles. The van der Waals surface area contributed by atoms with Crippen LogP contribution in [0.3, 0.4) is 0 Å². The fourth-order valence-electron chi connectivity index (χ4n) is 1.96. The molecule has 1 N–H and O–H groups in total. The van der Waals surface area contributed by atoms with Crippen LogP contribution in [0.25, 0.3) is 0 Å². The van der Waals surface area contributed by atoms with Crippen LogP contribution in [-0.2, 0) is 4.79 Å². The molecule has 1 saturated heterocycles. The SMILES string of the molecule is CC(C)c1cccc(OCC2CNC(=O)C2)c1. The Bertz CT molecular complexity index is 401. The van der Waals surface area contributed by atoms with E-state index in [-0.39, 0.29) is 5.91 Å². The maximum Gasteiger partial charge on any atom is 0.220 e. The first-order chi connectivity index (χ1) is 8.15. The first-order valence-electron chi connectivity index (χ1n) is 6.14. The molecule has 0 radical (unpaired) electrons. The van der Waals surface area contributed by atoms with Gasteiger partial charge >= 0.3 is 0 Å². The highest BCUT2D eigenvalue weighted by molar-refractivity contribution is 5.78. The number of amides is 1. The molecule has 17 heavy (non-hydrogen) atoms. The smallest absolute Gasteiger partial charge is 0.220 e. The second kappa shape index (κ2) is 5.21. The second-order valence-corrected chi connectivity index (χ2v) is 4.91. The number of ether oxygens (including phenoxy) is 1. The Morgan fingerprint density at radius 2 is 2.29 bits per heavy atom. The lowest BCUT2D eigenvalue weighted by Gasteiger charge is -2.12. The van der Waals surface area contributed by atoms with Gasteiger partial charge in [0, 0.05) is 18.9 Å². The lowest BCUT2D eigenvalue weighted by molar-refractivity contribution is -0.119. The largest absolute Gasteiger partial charge is 0.493 e. The zero-order valence-electron chi connectivity index (χ0n) is 10.4. The molecule has 0 aliphatic carbocycles. The minimum absolute atomic E-state index is 0.134. The highest BCUT2D eigenvalue weighted by atomic mass is 16.5. The van der Waals surface area contributed by atoms with E-state index in [1.165, 1.54) is 5.56 Å². The van der Waals surface area contributed by atoms with Crippen LogP contribution in [0.5, 0.6) is 5.75 Å². The van der Waals surface area contributed by atoms with Crippen LogP contribution in [0.1, 0.15) is 31.7 Å². The van der Waals surface area contributed by atoms with Gasteiger partial charge in [0.25, 0.3) is 0 Å². The Balaban J connectivity index is 1.90. The second-order valence-electron chi connectivity index (χ2n) is 4.91. The van der Waals surface area contributed by atoms with Gasteiger partial charge in [0.05, 0.1) is 6.61 Å². The standard InChI is InChI=1S/C14H19NO2/c1-10(2)12-4-3-5-13(7-12)17-9-11-6-14(16)15-8-11/h3-5,7,10-11H,6,8-9H2,1-2H3,(H,15,16). The highest BCUT2D eigenvalue weighted by Gasteiger charge is 2.21. The summed E-state index contributed by atoms with van der Waals surface area (Å²) in [5.74, 6) is 1.85. The predicted octanol–water partition coefficient (Wildman–Crippen LogP) is 2.32. The van der Waals surface area contributed by atoms with Gasteiger partial charge in [-0.1, -0.05) is 26.0 Å². The average molecular weight is 233 g/mol. The first kappa shape index (κ1) is 12.0. The third kappa shape index (κ3) is 3.22.